The maximum absolute atomic E-state index is 6.18. The molecule has 0 saturated heterocycles. The van der Waals surface area contributed by atoms with E-state index in [0.717, 1.165) is 55.5 Å². The van der Waals surface area contributed by atoms with E-state index in [1.54, 1.807) is 0 Å². The zero-order valence-corrected chi connectivity index (χ0v) is 30.2. The highest BCUT2D eigenvalue weighted by Crippen LogP contribution is 2.51. The van der Waals surface area contributed by atoms with Gasteiger partial charge in [-0.25, -0.2) is 19.9 Å². The first kappa shape index (κ1) is 31.4. The minimum Gasteiger partial charge on any atom is -0.436 e. The zero-order chi connectivity index (χ0) is 36.7. The molecule has 10 aromatic rings. The van der Waals surface area contributed by atoms with Crippen LogP contribution in [0.25, 0.3) is 95.3 Å². The van der Waals surface area contributed by atoms with Crippen molar-refractivity contribution in [2.75, 3.05) is 0 Å². The summed E-state index contributed by atoms with van der Waals surface area (Å²) < 4.78 is 8.49. The van der Waals surface area contributed by atoms with Crippen LogP contribution in [0.4, 0.5) is 0 Å². The lowest BCUT2D eigenvalue weighted by Gasteiger charge is -2.24. The Morgan fingerprint density at radius 1 is 0.473 bits per heavy atom. The fraction of sp³-hybridized carbons (Fsp3) is 0.0612. The van der Waals surface area contributed by atoms with Gasteiger partial charge in [-0.05, 0) is 76.9 Å². The molecule has 0 bridgehead atoms. The Morgan fingerprint density at radius 2 is 1.11 bits per heavy atom. The fourth-order valence-corrected chi connectivity index (χ4v) is 8.51. The highest BCUT2D eigenvalue weighted by atomic mass is 16.3. The normalized spacial score (nSPS) is 13.1. The van der Waals surface area contributed by atoms with E-state index >= 15 is 0 Å². The summed E-state index contributed by atoms with van der Waals surface area (Å²) in [5.74, 6) is 2.54. The standard InChI is InChI=1S/C49H33N5O/c1-49(2)39-19-8-6-15-34(39)37-17-12-18-38(44(37)49)47-52-45(30-13-4-3-5-14-30)51-46(53-47)31-23-26-33(27-24-31)54-41-21-10-7-16-35(41)36-28-25-32(29-42(36)54)48-50-40-20-9-11-22-43(40)55-48/h3-29H,1-2H3. The van der Waals surface area contributed by atoms with Crippen LogP contribution in [0.15, 0.2) is 168 Å². The van der Waals surface area contributed by atoms with Gasteiger partial charge in [0.2, 0.25) is 5.89 Å². The molecule has 3 aromatic heterocycles. The Balaban J connectivity index is 1.05. The molecule has 3 heterocycles. The van der Waals surface area contributed by atoms with E-state index in [0.29, 0.717) is 23.4 Å². The predicted octanol–water partition coefficient (Wildman–Crippen LogP) is 12.1. The summed E-state index contributed by atoms with van der Waals surface area (Å²) in [7, 11) is 0. The van der Waals surface area contributed by atoms with Crippen molar-refractivity contribution >= 4 is 32.9 Å². The lowest BCUT2D eigenvalue weighted by molar-refractivity contribution is 0.620. The maximum atomic E-state index is 6.18. The first-order valence-electron chi connectivity index (χ1n) is 18.6. The highest BCUT2D eigenvalue weighted by molar-refractivity contribution is 6.10. The van der Waals surface area contributed by atoms with Crippen LogP contribution in [-0.4, -0.2) is 24.5 Å². The van der Waals surface area contributed by atoms with E-state index in [-0.39, 0.29) is 5.41 Å². The molecule has 0 saturated carbocycles. The van der Waals surface area contributed by atoms with Crippen LogP contribution < -0.4 is 0 Å². The van der Waals surface area contributed by atoms with E-state index in [4.69, 9.17) is 24.4 Å². The van der Waals surface area contributed by atoms with Crippen molar-refractivity contribution in [3.05, 3.63) is 175 Å². The van der Waals surface area contributed by atoms with Crippen LogP contribution in [0.1, 0.15) is 25.0 Å². The van der Waals surface area contributed by atoms with Crippen LogP contribution >= 0.6 is 0 Å². The minimum absolute atomic E-state index is 0.216. The average molecular weight is 708 g/mol. The number of para-hydroxylation sites is 3. The van der Waals surface area contributed by atoms with Gasteiger partial charge in [-0.15, -0.1) is 0 Å². The summed E-state index contributed by atoms with van der Waals surface area (Å²) in [5.41, 5.74) is 13.5. The molecular formula is C49H33N5O. The number of hydrogen-bond donors (Lipinski definition) is 0. The van der Waals surface area contributed by atoms with Gasteiger partial charge < -0.3 is 8.98 Å². The van der Waals surface area contributed by atoms with Gasteiger partial charge >= 0.3 is 0 Å². The van der Waals surface area contributed by atoms with E-state index in [2.05, 4.69) is 140 Å². The van der Waals surface area contributed by atoms with Crippen molar-refractivity contribution in [3.8, 4) is 62.4 Å². The molecule has 6 nitrogen and oxygen atoms in total. The molecule has 0 unspecified atom stereocenters. The molecule has 0 atom stereocenters. The van der Waals surface area contributed by atoms with Crippen molar-refractivity contribution < 1.29 is 4.42 Å². The van der Waals surface area contributed by atoms with E-state index < -0.39 is 0 Å². The fourth-order valence-electron chi connectivity index (χ4n) is 8.51. The molecule has 1 aliphatic rings. The number of oxazole rings is 1. The van der Waals surface area contributed by atoms with Crippen molar-refractivity contribution in [2.24, 2.45) is 0 Å². The smallest absolute Gasteiger partial charge is 0.227 e. The number of aromatic nitrogens is 5. The number of rotatable bonds is 5. The molecular weight excluding hydrogens is 675 g/mol. The quantitative estimate of drug-likeness (QED) is 0.178. The van der Waals surface area contributed by atoms with E-state index in [9.17, 15) is 0 Å². The summed E-state index contributed by atoms with van der Waals surface area (Å²) in [6.07, 6.45) is 0. The Kier molecular flexibility index (Phi) is 6.79. The average Bonchev–Trinajstić information content (AvgIpc) is 3.89. The highest BCUT2D eigenvalue weighted by Gasteiger charge is 2.38. The molecule has 55 heavy (non-hydrogen) atoms. The predicted molar refractivity (Wildman–Crippen MR) is 221 cm³/mol. The lowest BCUT2D eigenvalue weighted by Crippen LogP contribution is -2.17. The van der Waals surface area contributed by atoms with Gasteiger partial charge in [0.25, 0.3) is 0 Å². The Morgan fingerprint density at radius 3 is 1.95 bits per heavy atom. The monoisotopic (exact) mass is 707 g/mol. The molecule has 0 radical (unpaired) electrons. The second-order valence-corrected chi connectivity index (χ2v) is 14.7. The first-order chi connectivity index (χ1) is 27.0. The molecule has 1 aliphatic carbocycles. The van der Waals surface area contributed by atoms with Crippen LogP contribution in [0.5, 0.6) is 0 Å². The molecule has 0 amide bonds. The summed E-state index contributed by atoms with van der Waals surface area (Å²) in [6.45, 7) is 4.59. The number of hydrogen-bond acceptors (Lipinski definition) is 5. The van der Waals surface area contributed by atoms with Crippen molar-refractivity contribution in [2.45, 2.75) is 19.3 Å². The van der Waals surface area contributed by atoms with Crippen LogP contribution in [0.3, 0.4) is 0 Å². The molecule has 6 heteroatoms. The van der Waals surface area contributed by atoms with Crippen molar-refractivity contribution in [1.82, 2.24) is 24.5 Å². The largest absolute Gasteiger partial charge is 0.436 e. The summed E-state index contributed by atoms with van der Waals surface area (Å²) in [5, 5.41) is 2.34. The van der Waals surface area contributed by atoms with Gasteiger partial charge in [0.15, 0.2) is 23.1 Å². The minimum atomic E-state index is -0.216. The van der Waals surface area contributed by atoms with Crippen molar-refractivity contribution in [1.29, 1.82) is 0 Å². The van der Waals surface area contributed by atoms with E-state index in [1.807, 2.05) is 42.5 Å². The molecule has 11 rings (SSSR count). The van der Waals surface area contributed by atoms with Crippen LogP contribution in [0.2, 0.25) is 0 Å². The van der Waals surface area contributed by atoms with Gasteiger partial charge in [-0.3, -0.25) is 0 Å². The topological polar surface area (TPSA) is 69.6 Å². The third-order valence-electron chi connectivity index (χ3n) is 11.1. The number of fused-ring (bicyclic) bond motifs is 7. The molecule has 0 fully saturated rings. The number of nitrogens with zero attached hydrogens (tertiary/aromatic N) is 5. The van der Waals surface area contributed by atoms with Gasteiger partial charge in [-0.1, -0.05) is 123 Å². The molecule has 0 spiro atoms. The van der Waals surface area contributed by atoms with Gasteiger partial charge in [0, 0.05) is 44.1 Å². The second-order valence-electron chi connectivity index (χ2n) is 14.7. The van der Waals surface area contributed by atoms with Crippen molar-refractivity contribution in [3.63, 3.8) is 0 Å². The maximum Gasteiger partial charge on any atom is 0.227 e. The Labute approximate surface area is 317 Å². The van der Waals surface area contributed by atoms with E-state index in [1.165, 1.54) is 27.6 Å². The van der Waals surface area contributed by atoms with Gasteiger partial charge in [0.05, 0.1) is 11.0 Å². The zero-order valence-electron chi connectivity index (χ0n) is 30.2. The Hall–Kier alpha value is -7.18. The second kappa shape index (κ2) is 11.9. The van der Waals surface area contributed by atoms with Gasteiger partial charge in [-0.2, -0.15) is 0 Å². The first-order valence-corrected chi connectivity index (χ1v) is 18.6. The number of benzene rings is 7. The summed E-state index contributed by atoms with van der Waals surface area (Å²) in [4.78, 5) is 20.2. The third-order valence-corrected chi connectivity index (χ3v) is 11.1. The lowest BCUT2D eigenvalue weighted by atomic mass is 9.80. The van der Waals surface area contributed by atoms with Crippen LogP contribution in [-0.2, 0) is 5.41 Å². The summed E-state index contributed by atoms with van der Waals surface area (Å²) in [6, 6.07) is 56.7. The molecule has 0 N–H and O–H groups in total. The SMILES string of the molecule is CC1(C)c2ccccc2-c2cccc(-c3nc(-c4ccccc4)nc(-c4ccc(-n5c6ccccc6c6ccc(-c7nc8ccccc8o7)cc65)cc4)n3)c21. The van der Waals surface area contributed by atoms with Crippen LogP contribution in [0, 0.1) is 0 Å². The third kappa shape index (κ3) is 4.88. The molecule has 7 aromatic carbocycles. The molecule has 0 aliphatic heterocycles. The summed E-state index contributed by atoms with van der Waals surface area (Å²) >= 11 is 0. The van der Waals surface area contributed by atoms with Gasteiger partial charge in [0.1, 0.15) is 5.52 Å². The molecule has 260 valence electrons. The Bertz CT molecular complexity index is 3090.